The van der Waals surface area contributed by atoms with Crippen LogP contribution in [0.5, 0.6) is 5.75 Å². The number of hydrogen-bond acceptors (Lipinski definition) is 4. The molecular weight excluding hydrogens is 344 g/mol. The topological polar surface area (TPSA) is 55.0 Å². The summed E-state index contributed by atoms with van der Waals surface area (Å²) in [6.07, 6.45) is 0. The highest BCUT2D eigenvalue weighted by atomic mass is 32.2. The molecule has 4 aromatic rings. The average Bonchev–Trinajstić information content (AvgIpc) is 2.68. The number of nitrogens with one attached hydrogen (secondary N) is 1. The number of H-pyrrole nitrogens is 1. The molecule has 4 nitrogen and oxygen atoms in total. The summed E-state index contributed by atoms with van der Waals surface area (Å²) >= 11 is 1.61. The number of fused-ring (bicyclic) bond motifs is 1. The molecule has 0 aliphatic heterocycles. The largest absolute Gasteiger partial charge is 0.497 e. The Morgan fingerprint density at radius 1 is 0.962 bits per heavy atom. The van der Waals surface area contributed by atoms with E-state index in [2.05, 4.69) is 9.97 Å². The summed E-state index contributed by atoms with van der Waals surface area (Å²) < 4.78 is 5.30. The lowest BCUT2D eigenvalue weighted by molar-refractivity contribution is 0.413. The molecule has 26 heavy (non-hydrogen) atoms. The minimum absolute atomic E-state index is 0.133. The van der Waals surface area contributed by atoms with E-state index < -0.39 is 0 Å². The van der Waals surface area contributed by atoms with Gasteiger partial charge in [0, 0.05) is 15.4 Å². The molecule has 1 aromatic heterocycles. The summed E-state index contributed by atoms with van der Waals surface area (Å²) in [4.78, 5) is 22.0. The first kappa shape index (κ1) is 16.4. The van der Waals surface area contributed by atoms with Crippen molar-refractivity contribution in [3.63, 3.8) is 0 Å². The monoisotopic (exact) mass is 360 g/mol. The van der Waals surface area contributed by atoms with Crippen molar-refractivity contribution in [3.8, 4) is 17.1 Å². The van der Waals surface area contributed by atoms with Crippen LogP contribution in [0.3, 0.4) is 0 Å². The normalized spacial score (nSPS) is 10.8. The quantitative estimate of drug-likeness (QED) is 0.571. The molecule has 128 valence electrons. The molecule has 4 rings (SSSR count). The van der Waals surface area contributed by atoms with E-state index >= 15 is 0 Å². The molecule has 0 spiro atoms. The van der Waals surface area contributed by atoms with Crippen molar-refractivity contribution in [1.82, 2.24) is 9.97 Å². The summed E-state index contributed by atoms with van der Waals surface area (Å²) in [5.74, 6) is 1.38. The molecule has 0 saturated carbocycles. The van der Waals surface area contributed by atoms with E-state index in [1.165, 1.54) is 0 Å². The molecule has 0 saturated heterocycles. The van der Waals surface area contributed by atoms with Crippen LogP contribution in [0, 0.1) is 0 Å². The van der Waals surface area contributed by atoms with Crippen LogP contribution in [0.25, 0.3) is 22.3 Å². The predicted octanol–water partition coefficient (Wildman–Crippen LogP) is 4.75. The van der Waals surface area contributed by atoms with Crippen LogP contribution in [-0.2, 0) is 0 Å². The smallest absolute Gasteiger partial charge is 0.259 e. The number of rotatable bonds is 4. The van der Waals surface area contributed by atoms with Crippen LogP contribution in [0.1, 0.15) is 0 Å². The minimum Gasteiger partial charge on any atom is -0.497 e. The second kappa shape index (κ2) is 7.06. The summed E-state index contributed by atoms with van der Waals surface area (Å²) in [7, 11) is 1.65. The Labute approximate surface area is 154 Å². The fourth-order valence-corrected chi connectivity index (χ4v) is 3.75. The Balaban J connectivity index is 1.80. The highest BCUT2D eigenvalue weighted by molar-refractivity contribution is 7.99. The fourth-order valence-electron chi connectivity index (χ4n) is 2.76. The lowest BCUT2D eigenvalue weighted by Gasteiger charge is -2.10. The molecule has 0 amide bonds. The van der Waals surface area contributed by atoms with Gasteiger partial charge in [-0.3, -0.25) is 4.79 Å². The molecule has 0 unspecified atom stereocenters. The Morgan fingerprint density at radius 2 is 1.77 bits per heavy atom. The third-order valence-electron chi connectivity index (χ3n) is 4.02. The summed E-state index contributed by atoms with van der Waals surface area (Å²) in [6, 6.07) is 23.2. The zero-order valence-electron chi connectivity index (χ0n) is 14.1. The number of benzene rings is 3. The third kappa shape index (κ3) is 3.21. The molecule has 0 atom stereocenters. The zero-order chi connectivity index (χ0) is 17.9. The van der Waals surface area contributed by atoms with Crippen LogP contribution in [0.2, 0.25) is 0 Å². The lowest BCUT2D eigenvalue weighted by Crippen LogP contribution is -2.09. The van der Waals surface area contributed by atoms with Gasteiger partial charge in [-0.25, -0.2) is 4.98 Å². The van der Waals surface area contributed by atoms with Crippen LogP contribution in [0.4, 0.5) is 0 Å². The lowest BCUT2D eigenvalue weighted by atomic mass is 10.2. The van der Waals surface area contributed by atoms with Gasteiger partial charge in [-0.1, -0.05) is 48.2 Å². The van der Waals surface area contributed by atoms with Gasteiger partial charge in [-0.15, -0.1) is 0 Å². The van der Waals surface area contributed by atoms with E-state index in [1.54, 1.807) is 24.9 Å². The highest BCUT2D eigenvalue weighted by Crippen LogP contribution is 2.35. The molecule has 0 aliphatic carbocycles. The van der Waals surface area contributed by atoms with E-state index in [-0.39, 0.29) is 5.56 Å². The Morgan fingerprint density at radius 3 is 2.65 bits per heavy atom. The number of aromatic amines is 1. The molecule has 0 aliphatic rings. The number of ether oxygens (including phenoxy) is 1. The molecule has 1 heterocycles. The third-order valence-corrected chi connectivity index (χ3v) is 5.09. The van der Waals surface area contributed by atoms with E-state index in [4.69, 9.17) is 4.74 Å². The van der Waals surface area contributed by atoms with Crippen LogP contribution in [-0.4, -0.2) is 17.1 Å². The van der Waals surface area contributed by atoms with E-state index in [9.17, 15) is 4.79 Å². The number of methoxy groups -OCH3 is 1. The second-order valence-corrected chi connectivity index (χ2v) is 6.82. The SMILES string of the molecule is COc1cccc(Sc2ccccc2-c2nc3ccccc3c(=O)[nH]2)c1. The first-order chi connectivity index (χ1) is 12.7. The van der Waals surface area contributed by atoms with Gasteiger partial charge in [-0.05, 0) is 36.4 Å². The van der Waals surface area contributed by atoms with Crippen molar-refractivity contribution in [2.45, 2.75) is 9.79 Å². The fraction of sp³-hybridized carbons (Fsp3) is 0.0476. The molecule has 0 radical (unpaired) electrons. The predicted molar refractivity (Wildman–Crippen MR) is 105 cm³/mol. The Kier molecular flexibility index (Phi) is 4.46. The van der Waals surface area contributed by atoms with Crippen molar-refractivity contribution in [3.05, 3.63) is 83.2 Å². The first-order valence-electron chi connectivity index (χ1n) is 8.15. The van der Waals surface area contributed by atoms with Crippen LogP contribution in [0.15, 0.2) is 87.4 Å². The maximum atomic E-state index is 12.4. The maximum Gasteiger partial charge on any atom is 0.259 e. The number of aromatic nitrogens is 2. The van der Waals surface area contributed by atoms with Gasteiger partial charge in [0.2, 0.25) is 0 Å². The minimum atomic E-state index is -0.133. The van der Waals surface area contributed by atoms with Crippen LogP contribution >= 0.6 is 11.8 Å². The number of nitrogens with zero attached hydrogens (tertiary/aromatic N) is 1. The van der Waals surface area contributed by atoms with Crippen molar-refractivity contribution in [1.29, 1.82) is 0 Å². The van der Waals surface area contributed by atoms with Gasteiger partial charge >= 0.3 is 0 Å². The number of hydrogen-bond donors (Lipinski definition) is 1. The second-order valence-electron chi connectivity index (χ2n) is 5.71. The van der Waals surface area contributed by atoms with Gasteiger partial charge in [-0.2, -0.15) is 0 Å². The average molecular weight is 360 g/mol. The number of para-hydroxylation sites is 1. The Hall–Kier alpha value is -3.05. The van der Waals surface area contributed by atoms with Crippen molar-refractivity contribution >= 4 is 22.7 Å². The van der Waals surface area contributed by atoms with Gasteiger partial charge in [0.15, 0.2) is 0 Å². The molecule has 0 bridgehead atoms. The van der Waals surface area contributed by atoms with E-state index in [0.29, 0.717) is 16.7 Å². The molecular formula is C21H16N2O2S. The van der Waals surface area contributed by atoms with E-state index in [0.717, 1.165) is 21.1 Å². The van der Waals surface area contributed by atoms with Gasteiger partial charge in [0.1, 0.15) is 11.6 Å². The van der Waals surface area contributed by atoms with E-state index in [1.807, 2.05) is 66.7 Å². The summed E-state index contributed by atoms with van der Waals surface area (Å²) in [5, 5.41) is 0.592. The van der Waals surface area contributed by atoms with Gasteiger partial charge in [0.05, 0.1) is 18.0 Å². The maximum absolute atomic E-state index is 12.4. The highest BCUT2D eigenvalue weighted by Gasteiger charge is 2.11. The summed E-state index contributed by atoms with van der Waals surface area (Å²) in [5.41, 5.74) is 1.45. The molecule has 3 aromatic carbocycles. The first-order valence-corrected chi connectivity index (χ1v) is 8.96. The molecule has 0 fully saturated rings. The van der Waals surface area contributed by atoms with Crippen molar-refractivity contribution in [2.75, 3.05) is 7.11 Å². The Bertz CT molecular complexity index is 1140. The van der Waals surface area contributed by atoms with Crippen molar-refractivity contribution in [2.24, 2.45) is 0 Å². The molecule has 5 heteroatoms. The zero-order valence-corrected chi connectivity index (χ0v) is 14.9. The van der Waals surface area contributed by atoms with Gasteiger partial charge < -0.3 is 9.72 Å². The standard InChI is InChI=1S/C21H16N2O2S/c1-25-14-7-6-8-15(13-14)26-19-12-5-3-10-17(19)20-22-18-11-4-2-9-16(18)21(24)23-20/h2-13H,1H3,(H,22,23,24). The van der Waals surface area contributed by atoms with Crippen molar-refractivity contribution < 1.29 is 4.74 Å². The molecule has 1 N–H and O–H groups in total. The van der Waals surface area contributed by atoms with Gasteiger partial charge in [0.25, 0.3) is 5.56 Å². The van der Waals surface area contributed by atoms with Crippen LogP contribution < -0.4 is 10.3 Å². The summed E-state index contributed by atoms with van der Waals surface area (Å²) in [6.45, 7) is 0.